The normalized spacial score (nSPS) is 11.0. The monoisotopic (exact) mass is 314 g/mol. The summed E-state index contributed by atoms with van der Waals surface area (Å²) in [6.45, 7) is 5.93. The van der Waals surface area contributed by atoms with Crippen LogP contribution in [0.1, 0.15) is 36.7 Å². The highest BCUT2D eigenvalue weighted by Gasteiger charge is 2.19. The number of ether oxygens (including phenoxy) is 3. The van der Waals surface area contributed by atoms with Crippen LogP contribution in [-0.4, -0.2) is 18.7 Å². The predicted octanol–water partition coefficient (Wildman–Crippen LogP) is 4.23. The molecule has 0 aliphatic carbocycles. The second-order valence-corrected chi connectivity index (χ2v) is 6.14. The minimum atomic E-state index is -0.535. The van der Waals surface area contributed by atoms with Gasteiger partial charge in [-0.3, -0.25) is 0 Å². The molecular weight excluding hydrogens is 292 g/mol. The first-order valence-electron chi connectivity index (χ1n) is 7.47. The van der Waals surface area contributed by atoms with E-state index in [0.717, 1.165) is 5.56 Å². The number of benzene rings is 2. The van der Waals surface area contributed by atoms with Crippen LogP contribution in [0.25, 0.3) is 0 Å². The first-order chi connectivity index (χ1) is 10.9. The van der Waals surface area contributed by atoms with E-state index in [1.807, 2.05) is 51.1 Å². The average molecular weight is 314 g/mol. The Labute approximate surface area is 137 Å². The molecule has 0 bridgehead atoms. The quantitative estimate of drug-likeness (QED) is 0.775. The molecule has 0 spiro atoms. The van der Waals surface area contributed by atoms with Crippen molar-refractivity contribution in [3.05, 3.63) is 59.7 Å². The van der Waals surface area contributed by atoms with Crippen LogP contribution in [0.3, 0.4) is 0 Å². The van der Waals surface area contributed by atoms with E-state index in [1.54, 1.807) is 25.3 Å². The van der Waals surface area contributed by atoms with Crippen LogP contribution in [0.15, 0.2) is 48.5 Å². The van der Waals surface area contributed by atoms with Gasteiger partial charge in [0.15, 0.2) is 11.5 Å². The van der Waals surface area contributed by atoms with Gasteiger partial charge in [0.2, 0.25) is 0 Å². The van der Waals surface area contributed by atoms with E-state index in [4.69, 9.17) is 14.2 Å². The van der Waals surface area contributed by atoms with E-state index in [9.17, 15) is 4.79 Å². The fourth-order valence-electron chi connectivity index (χ4n) is 1.99. The van der Waals surface area contributed by atoms with Crippen LogP contribution in [0, 0.1) is 0 Å². The van der Waals surface area contributed by atoms with Gasteiger partial charge in [0.05, 0.1) is 12.7 Å². The molecule has 2 aromatic rings. The third-order valence-corrected chi connectivity index (χ3v) is 3.04. The van der Waals surface area contributed by atoms with Crippen LogP contribution in [0.4, 0.5) is 0 Å². The summed E-state index contributed by atoms with van der Waals surface area (Å²) >= 11 is 0. The maximum absolute atomic E-state index is 12.1. The fraction of sp³-hybridized carbons (Fsp3) is 0.316. The van der Waals surface area contributed by atoms with E-state index < -0.39 is 5.60 Å². The highest BCUT2D eigenvalue weighted by molar-refractivity contribution is 5.90. The van der Waals surface area contributed by atoms with Crippen LogP contribution in [0.5, 0.6) is 11.5 Å². The van der Waals surface area contributed by atoms with Gasteiger partial charge in [-0.2, -0.15) is 0 Å². The summed E-state index contributed by atoms with van der Waals surface area (Å²) in [6.07, 6.45) is 0. The fourth-order valence-corrected chi connectivity index (χ4v) is 1.99. The Morgan fingerprint density at radius 2 is 1.70 bits per heavy atom. The number of carbonyl (C=O) groups is 1. The Hall–Kier alpha value is -2.49. The first-order valence-corrected chi connectivity index (χ1v) is 7.47. The highest BCUT2D eigenvalue weighted by Crippen LogP contribution is 2.29. The van der Waals surface area contributed by atoms with Gasteiger partial charge < -0.3 is 14.2 Å². The van der Waals surface area contributed by atoms with Crippen LogP contribution in [0.2, 0.25) is 0 Å². The van der Waals surface area contributed by atoms with Crippen molar-refractivity contribution in [3.8, 4) is 11.5 Å². The third-order valence-electron chi connectivity index (χ3n) is 3.04. The van der Waals surface area contributed by atoms with E-state index >= 15 is 0 Å². The minimum Gasteiger partial charge on any atom is -0.493 e. The van der Waals surface area contributed by atoms with E-state index in [0.29, 0.717) is 23.7 Å². The Balaban J connectivity index is 2.11. The van der Waals surface area contributed by atoms with Crippen molar-refractivity contribution in [3.63, 3.8) is 0 Å². The number of methoxy groups -OCH3 is 1. The lowest BCUT2D eigenvalue weighted by Gasteiger charge is -2.20. The van der Waals surface area contributed by atoms with E-state index in [1.165, 1.54) is 0 Å². The minimum absolute atomic E-state index is 0.384. The lowest BCUT2D eigenvalue weighted by molar-refractivity contribution is 0.00691. The Bertz CT molecular complexity index is 657. The molecule has 0 aliphatic rings. The number of hydrogen-bond acceptors (Lipinski definition) is 4. The molecular formula is C19H22O4. The summed E-state index contributed by atoms with van der Waals surface area (Å²) in [5, 5.41) is 0. The summed E-state index contributed by atoms with van der Waals surface area (Å²) in [4.78, 5) is 12.1. The molecule has 0 fully saturated rings. The van der Waals surface area contributed by atoms with Crippen molar-refractivity contribution >= 4 is 5.97 Å². The number of carbonyl (C=O) groups excluding carboxylic acids is 1. The zero-order valence-corrected chi connectivity index (χ0v) is 14.0. The van der Waals surface area contributed by atoms with E-state index in [2.05, 4.69) is 0 Å². The van der Waals surface area contributed by atoms with Crippen molar-refractivity contribution in [2.45, 2.75) is 33.0 Å². The molecule has 0 amide bonds. The van der Waals surface area contributed by atoms with Gasteiger partial charge in [-0.25, -0.2) is 4.79 Å². The zero-order chi connectivity index (χ0) is 16.9. The summed E-state index contributed by atoms with van der Waals surface area (Å²) in [7, 11) is 1.55. The standard InChI is InChI=1S/C19H22O4/c1-19(2,3)23-18(20)15-10-11-16(17(12-15)21-4)22-13-14-8-6-5-7-9-14/h5-12H,13H2,1-4H3. The Morgan fingerprint density at radius 1 is 1.00 bits per heavy atom. The Kier molecular flexibility index (Phi) is 5.27. The SMILES string of the molecule is COc1cc(C(=O)OC(C)(C)C)ccc1OCc1ccccc1. The zero-order valence-electron chi connectivity index (χ0n) is 14.0. The molecule has 4 nitrogen and oxygen atoms in total. The molecule has 0 saturated carbocycles. The van der Waals surface area contributed by atoms with Gasteiger partial charge in [-0.05, 0) is 44.5 Å². The second kappa shape index (κ2) is 7.18. The Morgan fingerprint density at radius 3 is 2.30 bits per heavy atom. The number of esters is 1. The summed E-state index contributed by atoms with van der Waals surface area (Å²) in [5.41, 5.74) is 0.960. The third kappa shape index (κ3) is 5.02. The van der Waals surface area contributed by atoms with Crippen LogP contribution < -0.4 is 9.47 Å². The van der Waals surface area contributed by atoms with Gasteiger partial charge in [-0.15, -0.1) is 0 Å². The largest absolute Gasteiger partial charge is 0.493 e. The predicted molar refractivity (Wildman–Crippen MR) is 88.9 cm³/mol. The topological polar surface area (TPSA) is 44.8 Å². The van der Waals surface area contributed by atoms with Gasteiger partial charge >= 0.3 is 5.97 Å². The molecule has 2 rings (SSSR count). The molecule has 23 heavy (non-hydrogen) atoms. The molecule has 0 N–H and O–H groups in total. The lowest BCUT2D eigenvalue weighted by Crippen LogP contribution is -2.23. The maximum Gasteiger partial charge on any atom is 0.338 e. The molecule has 0 unspecified atom stereocenters. The lowest BCUT2D eigenvalue weighted by atomic mass is 10.1. The molecule has 0 aliphatic heterocycles. The molecule has 122 valence electrons. The highest BCUT2D eigenvalue weighted by atomic mass is 16.6. The van der Waals surface area contributed by atoms with Crippen molar-refractivity contribution in [1.82, 2.24) is 0 Å². The molecule has 0 aromatic heterocycles. The van der Waals surface area contributed by atoms with Gasteiger partial charge in [-0.1, -0.05) is 30.3 Å². The first kappa shape index (κ1) is 16.9. The smallest absolute Gasteiger partial charge is 0.338 e. The maximum atomic E-state index is 12.1. The summed E-state index contributed by atoms with van der Waals surface area (Å²) in [5.74, 6) is 0.707. The van der Waals surface area contributed by atoms with Crippen molar-refractivity contribution in [1.29, 1.82) is 0 Å². The number of hydrogen-bond donors (Lipinski definition) is 0. The van der Waals surface area contributed by atoms with Crippen molar-refractivity contribution in [2.75, 3.05) is 7.11 Å². The molecule has 0 heterocycles. The van der Waals surface area contributed by atoms with Gasteiger partial charge in [0.1, 0.15) is 12.2 Å². The van der Waals surface area contributed by atoms with Crippen molar-refractivity contribution in [2.24, 2.45) is 0 Å². The molecule has 0 atom stereocenters. The van der Waals surface area contributed by atoms with Gasteiger partial charge in [0, 0.05) is 0 Å². The van der Waals surface area contributed by atoms with Crippen molar-refractivity contribution < 1.29 is 19.0 Å². The molecule has 4 heteroatoms. The summed E-state index contributed by atoms with van der Waals surface area (Å²) < 4.78 is 16.5. The van der Waals surface area contributed by atoms with Gasteiger partial charge in [0.25, 0.3) is 0 Å². The summed E-state index contributed by atoms with van der Waals surface area (Å²) in [6, 6.07) is 14.9. The van der Waals surface area contributed by atoms with Crippen LogP contribution in [-0.2, 0) is 11.3 Å². The van der Waals surface area contributed by atoms with Crippen LogP contribution >= 0.6 is 0 Å². The average Bonchev–Trinajstić information content (AvgIpc) is 2.52. The van der Waals surface area contributed by atoms with E-state index in [-0.39, 0.29) is 5.97 Å². The second-order valence-electron chi connectivity index (χ2n) is 6.14. The molecule has 2 aromatic carbocycles. The number of rotatable bonds is 5. The molecule has 0 radical (unpaired) electrons. The molecule has 0 saturated heterocycles.